The third kappa shape index (κ3) is 2.71. The van der Waals surface area contributed by atoms with E-state index in [4.69, 9.17) is 0 Å². The van der Waals surface area contributed by atoms with E-state index in [9.17, 15) is 9.59 Å². The zero-order chi connectivity index (χ0) is 14.8. The van der Waals surface area contributed by atoms with Gasteiger partial charge >= 0.3 is 0 Å². The van der Waals surface area contributed by atoms with Crippen molar-refractivity contribution in [1.82, 2.24) is 14.8 Å². The van der Waals surface area contributed by atoms with Gasteiger partial charge in [0.25, 0.3) is 5.56 Å². The fourth-order valence-corrected chi connectivity index (χ4v) is 2.82. The van der Waals surface area contributed by atoms with Crippen LogP contribution in [0.3, 0.4) is 0 Å². The molecule has 106 valence electrons. The fraction of sp³-hybridized carbons (Fsp3) is 0.133. The third-order valence-corrected chi connectivity index (χ3v) is 4.17. The van der Waals surface area contributed by atoms with Crippen molar-refractivity contribution in [3.05, 3.63) is 74.1 Å². The van der Waals surface area contributed by atoms with Crippen molar-refractivity contribution >= 4 is 17.1 Å². The maximum Gasteiger partial charge on any atom is 0.264 e. The normalized spacial score (nSPS) is 10.7. The van der Waals surface area contributed by atoms with Crippen LogP contribution in [-0.4, -0.2) is 20.5 Å². The number of ketones is 1. The molecule has 0 aliphatic carbocycles. The summed E-state index contributed by atoms with van der Waals surface area (Å²) in [5.41, 5.74) is 2.15. The second kappa shape index (κ2) is 5.49. The number of hydrogen-bond donors (Lipinski definition) is 1. The standard InChI is InChI=1S/C15H13N3O2S/c1-18-11(9-10-4-7-14(19)17-16-10)5-6-12(18)15(20)13-3-2-8-21-13/h2-8H,9H2,1H3,(H,17,19). The Morgan fingerprint density at radius 1 is 1.29 bits per heavy atom. The van der Waals surface area contributed by atoms with Crippen molar-refractivity contribution in [3.8, 4) is 0 Å². The molecule has 0 unspecified atom stereocenters. The van der Waals surface area contributed by atoms with Gasteiger partial charge in [-0.05, 0) is 29.6 Å². The summed E-state index contributed by atoms with van der Waals surface area (Å²) >= 11 is 1.43. The molecule has 0 aliphatic heterocycles. The number of nitrogens with one attached hydrogen (secondary N) is 1. The Bertz CT molecular complexity index is 810. The zero-order valence-electron chi connectivity index (χ0n) is 11.4. The van der Waals surface area contributed by atoms with E-state index in [1.54, 1.807) is 6.07 Å². The predicted octanol–water partition coefficient (Wildman–Crippen LogP) is 1.99. The summed E-state index contributed by atoms with van der Waals surface area (Å²) < 4.78 is 1.87. The number of carbonyl (C=O) groups is 1. The lowest BCUT2D eigenvalue weighted by Gasteiger charge is -2.06. The van der Waals surface area contributed by atoms with Crippen LogP contribution in [0, 0.1) is 0 Å². The molecule has 0 saturated heterocycles. The molecule has 0 fully saturated rings. The zero-order valence-corrected chi connectivity index (χ0v) is 12.2. The van der Waals surface area contributed by atoms with E-state index in [0.29, 0.717) is 12.1 Å². The summed E-state index contributed by atoms with van der Waals surface area (Å²) in [6.45, 7) is 0. The van der Waals surface area contributed by atoms with E-state index >= 15 is 0 Å². The first-order valence-corrected chi connectivity index (χ1v) is 7.30. The molecule has 0 saturated carbocycles. The van der Waals surface area contributed by atoms with Gasteiger partial charge in [-0.2, -0.15) is 5.10 Å². The second-order valence-corrected chi connectivity index (χ2v) is 5.61. The van der Waals surface area contributed by atoms with Gasteiger partial charge in [-0.3, -0.25) is 9.59 Å². The molecule has 0 amide bonds. The number of nitrogens with zero attached hydrogens (tertiary/aromatic N) is 2. The van der Waals surface area contributed by atoms with Gasteiger partial charge in [0, 0.05) is 25.2 Å². The number of thiophene rings is 1. The Balaban J connectivity index is 1.87. The van der Waals surface area contributed by atoms with Crippen molar-refractivity contribution < 1.29 is 4.79 Å². The second-order valence-electron chi connectivity index (χ2n) is 4.66. The van der Waals surface area contributed by atoms with E-state index < -0.39 is 0 Å². The number of aromatic amines is 1. The first-order valence-electron chi connectivity index (χ1n) is 6.42. The number of carbonyl (C=O) groups excluding carboxylic acids is 1. The van der Waals surface area contributed by atoms with E-state index in [-0.39, 0.29) is 11.3 Å². The lowest BCUT2D eigenvalue weighted by Crippen LogP contribution is -2.11. The average Bonchev–Trinajstić information content (AvgIpc) is 3.12. The van der Waals surface area contributed by atoms with Crippen LogP contribution >= 0.6 is 11.3 Å². The van der Waals surface area contributed by atoms with Crippen molar-refractivity contribution in [2.24, 2.45) is 7.05 Å². The molecule has 0 aliphatic rings. The number of hydrogen-bond acceptors (Lipinski definition) is 4. The summed E-state index contributed by atoms with van der Waals surface area (Å²) in [6, 6.07) is 10.6. The van der Waals surface area contributed by atoms with Crippen LogP contribution in [0.25, 0.3) is 0 Å². The van der Waals surface area contributed by atoms with Crippen molar-refractivity contribution in [3.63, 3.8) is 0 Å². The van der Waals surface area contributed by atoms with E-state index in [0.717, 1.165) is 16.3 Å². The minimum absolute atomic E-state index is 0.0215. The molecule has 0 aromatic carbocycles. The van der Waals surface area contributed by atoms with Gasteiger partial charge in [0.2, 0.25) is 5.78 Å². The maximum atomic E-state index is 12.4. The lowest BCUT2D eigenvalue weighted by molar-refractivity contribution is 0.103. The molecular formula is C15H13N3O2S. The first-order chi connectivity index (χ1) is 10.1. The lowest BCUT2D eigenvalue weighted by atomic mass is 10.2. The highest BCUT2D eigenvalue weighted by Crippen LogP contribution is 2.18. The maximum absolute atomic E-state index is 12.4. The Labute approximate surface area is 124 Å². The van der Waals surface area contributed by atoms with Crippen LogP contribution < -0.4 is 5.56 Å². The Hall–Kier alpha value is -2.47. The first kappa shape index (κ1) is 13.5. The summed E-state index contributed by atoms with van der Waals surface area (Å²) in [4.78, 5) is 24.1. The van der Waals surface area contributed by atoms with Gasteiger partial charge in [0.1, 0.15) is 0 Å². The topological polar surface area (TPSA) is 67.8 Å². The van der Waals surface area contributed by atoms with Gasteiger partial charge < -0.3 is 4.57 Å². The highest BCUT2D eigenvalue weighted by molar-refractivity contribution is 7.12. The molecule has 5 nitrogen and oxygen atoms in total. The predicted molar refractivity (Wildman–Crippen MR) is 80.8 cm³/mol. The molecule has 21 heavy (non-hydrogen) atoms. The van der Waals surface area contributed by atoms with Gasteiger partial charge in [-0.15, -0.1) is 11.3 Å². The molecule has 3 aromatic rings. The molecule has 3 rings (SSSR count). The van der Waals surface area contributed by atoms with Crippen LogP contribution in [0.4, 0.5) is 0 Å². The number of aromatic nitrogens is 3. The average molecular weight is 299 g/mol. The smallest absolute Gasteiger partial charge is 0.264 e. The minimum atomic E-state index is -0.223. The molecule has 0 spiro atoms. The van der Waals surface area contributed by atoms with Crippen LogP contribution in [0.5, 0.6) is 0 Å². The van der Waals surface area contributed by atoms with Crippen LogP contribution in [0.2, 0.25) is 0 Å². The minimum Gasteiger partial charge on any atom is -0.345 e. The van der Waals surface area contributed by atoms with E-state index in [2.05, 4.69) is 10.2 Å². The van der Waals surface area contributed by atoms with Crippen molar-refractivity contribution in [1.29, 1.82) is 0 Å². The third-order valence-electron chi connectivity index (χ3n) is 3.30. The van der Waals surface area contributed by atoms with E-state index in [1.165, 1.54) is 17.4 Å². The Morgan fingerprint density at radius 2 is 2.14 bits per heavy atom. The molecule has 0 radical (unpaired) electrons. The molecule has 6 heteroatoms. The van der Waals surface area contributed by atoms with Crippen LogP contribution in [0.1, 0.15) is 26.8 Å². The Morgan fingerprint density at radius 3 is 2.81 bits per heavy atom. The molecule has 3 aromatic heterocycles. The highest BCUT2D eigenvalue weighted by Gasteiger charge is 2.15. The summed E-state index contributed by atoms with van der Waals surface area (Å²) in [5, 5.41) is 8.29. The number of H-pyrrole nitrogens is 1. The monoisotopic (exact) mass is 299 g/mol. The fourth-order valence-electron chi connectivity index (χ4n) is 2.15. The summed E-state index contributed by atoms with van der Waals surface area (Å²) in [6.07, 6.45) is 0.561. The highest BCUT2D eigenvalue weighted by atomic mass is 32.1. The molecule has 0 bridgehead atoms. The van der Waals surface area contributed by atoms with Gasteiger partial charge in [0.15, 0.2) is 0 Å². The van der Waals surface area contributed by atoms with Crippen molar-refractivity contribution in [2.45, 2.75) is 6.42 Å². The van der Waals surface area contributed by atoms with Gasteiger partial charge in [0.05, 0.1) is 16.3 Å². The molecule has 0 atom stereocenters. The van der Waals surface area contributed by atoms with Gasteiger partial charge in [-0.1, -0.05) is 6.07 Å². The van der Waals surface area contributed by atoms with Crippen molar-refractivity contribution in [2.75, 3.05) is 0 Å². The molecule has 1 N–H and O–H groups in total. The molecule has 3 heterocycles. The Kier molecular flexibility index (Phi) is 3.53. The SMILES string of the molecule is Cn1c(Cc2ccc(=O)[nH]n2)ccc1C(=O)c1cccs1. The van der Waals surface area contributed by atoms with E-state index in [1.807, 2.05) is 41.3 Å². The molecular weight excluding hydrogens is 286 g/mol. The summed E-state index contributed by atoms with van der Waals surface area (Å²) in [7, 11) is 1.86. The van der Waals surface area contributed by atoms with Crippen LogP contribution in [-0.2, 0) is 13.5 Å². The quantitative estimate of drug-likeness (QED) is 0.749. The largest absolute Gasteiger partial charge is 0.345 e. The van der Waals surface area contributed by atoms with Gasteiger partial charge in [-0.25, -0.2) is 5.10 Å². The number of rotatable bonds is 4. The van der Waals surface area contributed by atoms with Crippen LogP contribution in [0.15, 0.2) is 46.6 Å². The summed E-state index contributed by atoms with van der Waals surface area (Å²) in [5.74, 6) is 0.0215.